The van der Waals surface area contributed by atoms with Crippen molar-refractivity contribution in [1.82, 2.24) is 9.88 Å². The van der Waals surface area contributed by atoms with E-state index in [0.29, 0.717) is 5.96 Å². The van der Waals surface area contributed by atoms with Crippen LogP contribution in [0.15, 0.2) is 172 Å². The number of fused-ring (bicyclic) bond motifs is 7. The molecule has 5 nitrogen and oxygen atoms in total. The van der Waals surface area contributed by atoms with Gasteiger partial charge in [0.1, 0.15) is 23.2 Å². The lowest BCUT2D eigenvalue weighted by Crippen LogP contribution is -2.35. The van der Waals surface area contributed by atoms with Crippen LogP contribution in [0.1, 0.15) is 17.3 Å². The monoisotopic (exact) mass is 616 g/mol. The minimum atomic E-state index is -0.311. The first-order valence-corrected chi connectivity index (χ1v) is 16.2. The molecule has 226 valence electrons. The van der Waals surface area contributed by atoms with Gasteiger partial charge in [-0.2, -0.15) is 4.99 Å². The summed E-state index contributed by atoms with van der Waals surface area (Å²) in [5.74, 6) is 1.41. The first kappa shape index (κ1) is 26.7. The normalized spacial score (nSPS) is 14.9. The molecule has 3 heterocycles. The Labute approximate surface area is 276 Å². The van der Waals surface area contributed by atoms with E-state index >= 15 is 0 Å². The third kappa shape index (κ3) is 4.18. The highest BCUT2D eigenvalue weighted by Gasteiger charge is 2.24. The van der Waals surface area contributed by atoms with Gasteiger partial charge in [-0.25, -0.2) is 4.99 Å². The Morgan fingerprint density at radius 3 is 2.02 bits per heavy atom. The first-order valence-electron chi connectivity index (χ1n) is 16.2. The van der Waals surface area contributed by atoms with Crippen LogP contribution in [0.25, 0.3) is 65.6 Å². The summed E-state index contributed by atoms with van der Waals surface area (Å²) in [6.45, 7) is 0. The summed E-state index contributed by atoms with van der Waals surface area (Å²) in [7, 11) is 0. The predicted molar refractivity (Wildman–Crippen MR) is 198 cm³/mol. The van der Waals surface area contributed by atoms with Gasteiger partial charge in [0.15, 0.2) is 0 Å². The molecule has 1 N–H and O–H groups in total. The molecule has 0 radical (unpaired) electrons. The van der Waals surface area contributed by atoms with E-state index in [2.05, 4.69) is 149 Å². The Balaban J connectivity index is 1.12. The topological polar surface area (TPSA) is 54.8 Å². The lowest BCUT2D eigenvalue weighted by molar-refractivity contribution is 0.667. The van der Waals surface area contributed by atoms with Crippen molar-refractivity contribution in [3.63, 3.8) is 0 Å². The summed E-state index contributed by atoms with van der Waals surface area (Å²) < 4.78 is 8.63. The number of hydrogen-bond donors (Lipinski definition) is 1. The highest BCUT2D eigenvalue weighted by Crippen LogP contribution is 2.36. The maximum absolute atomic E-state index is 6.45. The number of nitrogens with zero attached hydrogens (tertiary/aromatic N) is 3. The fourth-order valence-corrected chi connectivity index (χ4v) is 7.19. The molecule has 48 heavy (non-hydrogen) atoms. The summed E-state index contributed by atoms with van der Waals surface area (Å²) >= 11 is 0. The molecule has 1 aliphatic rings. The molecule has 0 saturated heterocycles. The van der Waals surface area contributed by atoms with Crippen molar-refractivity contribution in [2.24, 2.45) is 9.98 Å². The molecule has 5 heteroatoms. The molecule has 0 saturated carbocycles. The maximum atomic E-state index is 6.45. The minimum absolute atomic E-state index is 0.311. The van der Waals surface area contributed by atoms with Crippen molar-refractivity contribution in [2.75, 3.05) is 0 Å². The average molecular weight is 617 g/mol. The summed E-state index contributed by atoms with van der Waals surface area (Å²) in [6, 6.07) is 55.1. The van der Waals surface area contributed by atoms with Gasteiger partial charge in [0.25, 0.3) is 0 Å². The number of aliphatic imine (C=N–C) groups is 2. The van der Waals surface area contributed by atoms with Gasteiger partial charge in [-0.15, -0.1) is 0 Å². The van der Waals surface area contributed by atoms with E-state index in [-0.39, 0.29) is 6.17 Å². The molecule has 1 atom stereocenters. The smallest absolute Gasteiger partial charge is 0.234 e. The minimum Gasteiger partial charge on any atom is -0.456 e. The second-order valence-electron chi connectivity index (χ2n) is 12.3. The molecule has 0 aliphatic carbocycles. The van der Waals surface area contributed by atoms with E-state index in [0.717, 1.165) is 55.5 Å². The van der Waals surface area contributed by atoms with Crippen molar-refractivity contribution in [3.05, 3.63) is 169 Å². The van der Waals surface area contributed by atoms with Gasteiger partial charge in [-0.05, 0) is 69.9 Å². The Morgan fingerprint density at radius 1 is 0.521 bits per heavy atom. The number of nitrogens with one attached hydrogen (secondary N) is 1. The van der Waals surface area contributed by atoms with Gasteiger partial charge in [-0.1, -0.05) is 115 Å². The van der Waals surface area contributed by atoms with Crippen molar-refractivity contribution >= 4 is 66.3 Å². The number of benzene rings is 7. The molecule has 9 aromatic rings. The third-order valence-corrected chi connectivity index (χ3v) is 9.47. The lowest BCUT2D eigenvalue weighted by Gasteiger charge is -2.24. The predicted octanol–water partition coefficient (Wildman–Crippen LogP) is 10.5. The Kier molecular flexibility index (Phi) is 5.87. The Bertz CT molecular complexity index is 2710. The Morgan fingerprint density at radius 2 is 1.21 bits per heavy atom. The van der Waals surface area contributed by atoms with Crippen molar-refractivity contribution in [3.8, 4) is 11.1 Å². The molecule has 1 unspecified atom stereocenters. The third-order valence-electron chi connectivity index (χ3n) is 9.47. The second-order valence-corrected chi connectivity index (χ2v) is 12.3. The summed E-state index contributed by atoms with van der Waals surface area (Å²) in [6.07, 6.45) is -0.311. The molecular formula is C43H28N4O. The number of furan rings is 1. The zero-order valence-electron chi connectivity index (χ0n) is 25.8. The van der Waals surface area contributed by atoms with E-state index in [1.807, 2.05) is 18.2 Å². The molecule has 0 spiro atoms. The summed E-state index contributed by atoms with van der Waals surface area (Å²) in [4.78, 5) is 10.4. The lowest BCUT2D eigenvalue weighted by atomic mass is 9.97. The molecule has 10 rings (SSSR count). The summed E-state index contributed by atoms with van der Waals surface area (Å²) in [5.41, 5.74) is 8.23. The van der Waals surface area contributed by atoms with Crippen LogP contribution in [0.2, 0.25) is 0 Å². The van der Waals surface area contributed by atoms with Crippen LogP contribution in [0.4, 0.5) is 0 Å². The maximum Gasteiger partial charge on any atom is 0.234 e. The van der Waals surface area contributed by atoms with E-state index in [1.54, 1.807) is 0 Å². The van der Waals surface area contributed by atoms with E-state index in [9.17, 15) is 0 Å². The van der Waals surface area contributed by atoms with E-state index in [1.165, 1.54) is 27.1 Å². The zero-order chi connectivity index (χ0) is 31.6. The number of rotatable bonds is 3. The molecule has 7 aromatic carbocycles. The fourth-order valence-electron chi connectivity index (χ4n) is 7.19. The number of hydrogen-bond acceptors (Lipinski definition) is 4. The Hall–Kier alpha value is -6.46. The number of aromatic nitrogens is 1. The fraction of sp³-hybridized carbons (Fsp3) is 0.0233. The van der Waals surface area contributed by atoms with Crippen LogP contribution < -0.4 is 5.32 Å². The standard InChI is InChI=1S/C43H28N4O/c1-2-12-28(13-3-1)41-44-42(46-43(45-41)47-37-19-8-6-16-33(37)34-17-7-9-20-38(34)47)30-22-24-39-36(25-30)35-23-21-29(26-40(35)48-39)32-18-10-14-27-11-4-5-15-31(27)32/h1-26,41H,(H,44,45,46). The average Bonchev–Trinajstić information content (AvgIpc) is 3.70. The molecule has 0 fully saturated rings. The van der Waals surface area contributed by atoms with Crippen LogP contribution in [0.3, 0.4) is 0 Å². The highest BCUT2D eigenvalue weighted by molar-refractivity contribution is 6.18. The summed E-state index contributed by atoms with van der Waals surface area (Å²) in [5, 5.41) is 10.6. The molecule has 1 aliphatic heterocycles. The molecule has 0 bridgehead atoms. The van der Waals surface area contributed by atoms with Gasteiger partial charge < -0.3 is 9.73 Å². The van der Waals surface area contributed by atoms with Crippen molar-refractivity contribution in [1.29, 1.82) is 0 Å². The van der Waals surface area contributed by atoms with Crippen molar-refractivity contribution < 1.29 is 4.42 Å². The van der Waals surface area contributed by atoms with Gasteiger partial charge in [0.2, 0.25) is 5.96 Å². The SMILES string of the molecule is c1ccc(C2N=C(n3c4ccccc4c4ccccc43)N=C(c3ccc4oc5cc(-c6cccc7ccccc67)ccc5c4c3)N2)cc1. The van der Waals surface area contributed by atoms with Crippen LogP contribution in [0, 0.1) is 0 Å². The van der Waals surface area contributed by atoms with E-state index < -0.39 is 0 Å². The molecule has 2 aromatic heterocycles. The largest absolute Gasteiger partial charge is 0.456 e. The highest BCUT2D eigenvalue weighted by atomic mass is 16.3. The zero-order valence-corrected chi connectivity index (χ0v) is 25.8. The van der Waals surface area contributed by atoms with Gasteiger partial charge in [0.05, 0.1) is 11.0 Å². The first-order chi connectivity index (χ1) is 23.8. The number of amidine groups is 1. The second kappa shape index (κ2) is 10.5. The van der Waals surface area contributed by atoms with Crippen LogP contribution in [-0.2, 0) is 0 Å². The van der Waals surface area contributed by atoms with Gasteiger partial charge in [-0.3, -0.25) is 4.57 Å². The van der Waals surface area contributed by atoms with Gasteiger partial charge in [0, 0.05) is 27.1 Å². The van der Waals surface area contributed by atoms with E-state index in [4.69, 9.17) is 14.4 Å². The van der Waals surface area contributed by atoms with Crippen molar-refractivity contribution in [2.45, 2.75) is 6.17 Å². The van der Waals surface area contributed by atoms with Gasteiger partial charge >= 0.3 is 0 Å². The quantitative estimate of drug-likeness (QED) is 0.215. The van der Waals surface area contributed by atoms with Crippen LogP contribution >= 0.6 is 0 Å². The molecular weight excluding hydrogens is 589 g/mol. The molecule has 0 amide bonds. The number of para-hydroxylation sites is 2. The van der Waals surface area contributed by atoms with Crippen LogP contribution in [-0.4, -0.2) is 16.4 Å². The van der Waals surface area contributed by atoms with Crippen LogP contribution in [0.5, 0.6) is 0 Å².